The standard InChI is InChI=1S/C16H30N2O/c1-4-5-10-14-16(19)18(13-8-6-7-9-13)15(17-14)11-12(2)3/h12-15,17H,4-11H2,1-3H3. The molecule has 2 aliphatic rings. The van der Waals surface area contributed by atoms with Gasteiger partial charge in [0.2, 0.25) is 5.91 Å². The Hall–Kier alpha value is -0.570. The maximum absolute atomic E-state index is 12.7. The van der Waals surface area contributed by atoms with Crippen LogP contribution in [0.4, 0.5) is 0 Å². The molecule has 0 aromatic carbocycles. The van der Waals surface area contributed by atoms with E-state index in [1.807, 2.05) is 0 Å². The van der Waals surface area contributed by atoms with Gasteiger partial charge in [0.1, 0.15) is 0 Å². The first-order valence-corrected chi connectivity index (χ1v) is 8.21. The van der Waals surface area contributed by atoms with Crippen LogP contribution in [0.2, 0.25) is 0 Å². The lowest BCUT2D eigenvalue weighted by molar-refractivity contribution is -0.132. The molecule has 1 N–H and O–H groups in total. The van der Waals surface area contributed by atoms with Crippen LogP contribution >= 0.6 is 0 Å². The number of carbonyl (C=O) groups is 1. The number of carbonyl (C=O) groups excluding carboxylic acids is 1. The highest BCUT2D eigenvalue weighted by Gasteiger charge is 2.42. The molecule has 2 unspecified atom stereocenters. The Balaban J connectivity index is 2.03. The Labute approximate surface area is 118 Å². The van der Waals surface area contributed by atoms with Crippen molar-refractivity contribution in [1.82, 2.24) is 10.2 Å². The number of rotatable bonds is 6. The Morgan fingerprint density at radius 1 is 1.32 bits per heavy atom. The lowest BCUT2D eigenvalue weighted by atomic mass is 10.1. The highest BCUT2D eigenvalue weighted by molar-refractivity contribution is 5.84. The molecule has 0 radical (unpaired) electrons. The quantitative estimate of drug-likeness (QED) is 0.800. The maximum atomic E-state index is 12.7. The van der Waals surface area contributed by atoms with Crippen molar-refractivity contribution >= 4 is 5.91 Å². The molecule has 1 amide bonds. The second kappa shape index (κ2) is 6.74. The summed E-state index contributed by atoms with van der Waals surface area (Å²) in [5.41, 5.74) is 0. The second-order valence-electron chi connectivity index (χ2n) is 6.69. The van der Waals surface area contributed by atoms with E-state index in [2.05, 4.69) is 31.0 Å². The monoisotopic (exact) mass is 266 g/mol. The SMILES string of the molecule is CCCCC1NC(CC(C)C)N(C2CCCC2)C1=O. The number of nitrogens with zero attached hydrogens (tertiary/aromatic N) is 1. The molecule has 2 rings (SSSR count). The second-order valence-corrected chi connectivity index (χ2v) is 6.69. The van der Waals surface area contributed by atoms with Crippen LogP contribution in [0.25, 0.3) is 0 Å². The van der Waals surface area contributed by atoms with E-state index < -0.39 is 0 Å². The summed E-state index contributed by atoms with van der Waals surface area (Å²) in [6.45, 7) is 6.69. The van der Waals surface area contributed by atoms with Crippen molar-refractivity contribution in [2.75, 3.05) is 0 Å². The van der Waals surface area contributed by atoms with Gasteiger partial charge >= 0.3 is 0 Å². The fourth-order valence-corrected chi connectivity index (χ4v) is 3.58. The average molecular weight is 266 g/mol. The molecule has 1 heterocycles. The first kappa shape index (κ1) is 14.8. The predicted octanol–water partition coefficient (Wildman–Crippen LogP) is 3.29. The number of unbranched alkanes of at least 4 members (excludes halogenated alkanes) is 1. The smallest absolute Gasteiger partial charge is 0.241 e. The number of hydrogen-bond donors (Lipinski definition) is 1. The van der Waals surface area contributed by atoms with Crippen LogP contribution in [0.1, 0.15) is 72.1 Å². The van der Waals surface area contributed by atoms with Gasteiger partial charge in [0, 0.05) is 6.04 Å². The third-order valence-corrected chi connectivity index (χ3v) is 4.54. The molecule has 0 aromatic rings. The molecule has 0 bridgehead atoms. The van der Waals surface area contributed by atoms with E-state index in [1.165, 1.54) is 32.1 Å². The molecule has 1 saturated heterocycles. The summed E-state index contributed by atoms with van der Waals surface area (Å²) in [5.74, 6) is 1.02. The summed E-state index contributed by atoms with van der Waals surface area (Å²) in [6.07, 6.45) is 9.71. The van der Waals surface area contributed by atoms with Gasteiger partial charge < -0.3 is 4.90 Å². The first-order valence-electron chi connectivity index (χ1n) is 8.21. The minimum absolute atomic E-state index is 0.0873. The van der Waals surface area contributed by atoms with E-state index in [9.17, 15) is 4.79 Å². The van der Waals surface area contributed by atoms with Gasteiger partial charge in [0.25, 0.3) is 0 Å². The van der Waals surface area contributed by atoms with E-state index in [4.69, 9.17) is 0 Å². The van der Waals surface area contributed by atoms with Crippen molar-refractivity contribution in [2.45, 2.75) is 90.4 Å². The van der Waals surface area contributed by atoms with E-state index >= 15 is 0 Å². The predicted molar refractivity (Wildman–Crippen MR) is 78.8 cm³/mol. The van der Waals surface area contributed by atoms with Gasteiger partial charge in [-0.2, -0.15) is 0 Å². The van der Waals surface area contributed by atoms with E-state index in [1.54, 1.807) is 0 Å². The maximum Gasteiger partial charge on any atom is 0.241 e. The molecule has 2 atom stereocenters. The van der Waals surface area contributed by atoms with Gasteiger partial charge in [-0.05, 0) is 31.6 Å². The Morgan fingerprint density at radius 3 is 2.58 bits per heavy atom. The molecule has 1 saturated carbocycles. The van der Waals surface area contributed by atoms with Gasteiger partial charge in [-0.25, -0.2) is 0 Å². The Bertz CT molecular complexity index is 297. The zero-order valence-electron chi connectivity index (χ0n) is 12.8. The Kier molecular flexibility index (Phi) is 5.26. The molecule has 0 aromatic heterocycles. The third-order valence-electron chi connectivity index (χ3n) is 4.54. The number of hydrogen-bond acceptors (Lipinski definition) is 2. The van der Waals surface area contributed by atoms with Crippen LogP contribution in [-0.2, 0) is 4.79 Å². The van der Waals surface area contributed by atoms with Gasteiger partial charge in [0.05, 0.1) is 12.2 Å². The average Bonchev–Trinajstić information content (AvgIpc) is 2.95. The van der Waals surface area contributed by atoms with Crippen molar-refractivity contribution in [3.05, 3.63) is 0 Å². The third kappa shape index (κ3) is 3.50. The zero-order valence-corrected chi connectivity index (χ0v) is 12.8. The van der Waals surface area contributed by atoms with Gasteiger partial charge in [0.15, 0.2) is 0 Å². The van der Waals surface area contributed by atoms with E-state index in [-0.39, 0.29) is 12.2 Å². The van der Waals surface area contributed by atoms with Crippen molar-refractivity contribution in [3.63, 3.8) is 0 Å². The largest absolute Gasteiger partial charge is 0.323 e. The minimum atomic E-state index is 0.0873. The zero-order chi connectivity index (χ0) is 13.8. The minimum Gasteiger partial charge on any atom is -0.323 e. The van der Waals surface area contributed by atoms with Crippen molar-refractivity contribution < 1.29 is 4.79 Å². The molecular weight excluding hydrogens is 236 g/mol. The lowest BCUT2D eigenvalue weighted by Crippen LogP contribution is -2.44. The molecule has 1 aliphatic heterocycles. The van der Waals surface area contributed by atoms with Crippen molar-refractivity contribution in [2.24, 2.45) is 5.92 Å². The van der Waals surface area contributed by atoms with E-state index in [0.29, 0.717) is 17.9 Å². The molecule has 3 nitrogen and oxygen atoms in total. The van der Waals surface area contributed by atoms with Crippen LogP contribution in [0.5, 0.6) is 0 Å². The van der Waals surface area contributed by atoms with E-state index in [0.717, 1.165) is 19.3 Å². The molecule has 1 aliphatic carbocycles. The normalized spacial score (nSPS) is 28.8. The summed E-state index contributed by atoms with van der Waals surface area (Å²) in [7, 11) is 0. The summed E-state index contributed by atoms with van der Waals surface area (Å²) >= 11 is 0. The number of nitrogens with one attached hydrogen (secondary N) is 1. The highest BCUT2D eigenvalue weighted by atomic mass is 16.2. The topological polar surface area (TPSA) is 32.3 Å². The summed E-state index contributed by atoms with van der Waals surface area (Å²) < 4.78 is 0. The van der Waals surface area contributed by atoms with Gasteiger partial charge in [-0.1, -0.05) is 46.5 Å². The summed E-state index contributed by atoms with van der Waals surface area (Å²) in [6, 6.07) is 0.597. The molecule has 0 spiro atoms. The number of amides is 1. The Morgan fingerprint density at radius 2 is 2.00 bits per heavy atom. The highest BCUT2D eigenvalue weighted by Crippen LogP contribution is 2.30. The van der Waals surface area contributed by atoms with Crippen LogP contribution in [0.15, 0.2) is 0 Å². The molecule has 110 valence electrons. The first-order chi connectivity index (χ1) is 9.13. The fraction of sp³-hybridized carbons (Fsp3) is 0.938. The fourth-order valence-electron chi connectivity index (χ4n) is 3.58. The van der Waals surface area contributed by atoms with Gasteiger partial charge in [-0.3, -0.25) is 10.1 Å². The lowest BCUT2D eigenvalue weighted by Gasteiger charge is -2.31. The van der Waals surface area contributed by atoms with Crippen LogP contribution in [-0.4, -0.2) is 29.1 Å². The van der Waals surface area contributed by atoms with Crippen LogP contribution < -0.4 is 5.32 Å². The molecule has 2 fully saturated rings. The van der Waals surface area contributed by atoms with Crippen LogP contribution in [0.3, 0.4) is 0 Å². The van der Waals surface area contributed by atoms with Crippen molar-refractivity contribution in [3.8, 4) is 0 Å². The van der Waals surface area contributed by atoms with Gasteiger partial charge in [-0.15, -0.1) is 0 Å². The summed E-state index contributed by atoms with van der Waals surface area (Å²) in [4.78, 5) is 14.9. The molecular formula is C16H30N2O. The van der Waals surface area contributed by atoms with Crippen LogP contribution in [0, 0.1) is 5.92 Å². The summed E-state index contributed by atoms with van der Waals surface area (Å²) in [5, 5.41) is 3.61. The molecule has 3 heteroatoms. The molecule has 19 heavy (non-hydrogen) atoms. The van der Waals surface area contributed by atoms with Crippen molar-refractivity contribution in [1.29, 1.82) is 0 Å².